The van der Waals surface area contributed by atoms with Crippen molar-refractivity contribution in [1.82, 2.24) is 0 Å². The minimum atomic E-state index is -0.437. The van der Waals surface area contributed by atoms with E-state index in [0.29, 0.717) is 5.75 Å². The Labute approximate surface area is 96.5 Å². The molecule has 4 nitrogen and oxygen atoms in total. The summed E-state index contributed by atoms with van der Waals surface area (Å²) in [6.45, 7) is 0. The fourth-order valence-electron chi connectivity index (χ4n) is 1.30. The quantitative estimate of drug-likeness (QED) is 0.471. The average Bonchev–Trinajstić information content (AvgIpc) is 2.25. The molecule has 15 heavy (non-hydrogen) atoms. The van der Waals surface area contributed by atoms with E-state index in [1.54, 1.807) is 12.1 Å². The standard InChI is InChI=1S/C10H12BrNO3/c1-15-10-7-8(3-2-6-11)4-5-9(10)12(13)14/h4-5,7H,2-3,6H2,1H3. The lowest BCUT2D eigenvalue weighted by atomic mass is 10.1. The monoisotopic (exact) mass is 273 g/mol. The van der Waals surface area contributed by atoms with Crippen LogP contribution in [0.1, 0.15) is 12.0 Å². The van der Waals surface area contributed by atoms with Gasteiger partial charge < -0.3 is 4.74 Å². The molecular weight excluding hydrogens is 262 g/mol. The maximum atomic E-state index is 10.6. The van der Waals surface area contributed by atoms with Crippen LogP contribution in [0.2, 0.25) is 0 Å². The Morgan fingerprint density at radius 3 is 2.80 bits per heavy atom. The molecule has 0 bridgehead atoms. The van der Waals surface area contributed by atoms with Gasteiger partial charge in [-0.3, -0.25) is 10.1 Å². The van der Waals surface area contributed by atoms with Crippen molar-refractivity contribution in [2.24, 2.45) is 0 Å². The van der Waals surface area contributed by atoms with Gasteiger partial charge in [-0.15, -0.1) is 0 Å². The lowest BCUT2D eigenvalue weighted by Gasteiger charge is -2.04. The normalized spacial score (nSPS) is 10.0. The molecule has 0 saturated heterocycles. The molecule has 0 unspecified atom stereocenters. The van der Waals surface area contributed by atoms with Crippen molar-refractivity contribution in [1.29, 1.82) is 0 Å². The van der Waals surface area contributed by atoms with Gasteiger partial charge in [-0.2, -0.15) is 0 Å². The number of nitro benzene ring substituents is 1. The van der Waals surface area contributed by atoms with E-state index in [0.717, 1.165) is 23.7 Å². The zero-order valence-corrected chi connectivity index (χ0v) is 9.99. The van der Waals surface area contributed by atoms with Crippen LogP contribution in [-0.4, -0.2) is 17.4 Å². The molecule has 1 aromatic rings. The van der Waals surface area contributed by atoms with E-state index in [9.17, 15) is 10.1 Å². The van der Waals surface area contributed by atoms with Crippen LogP contribution < -0.4 is 4.74 Å². The van der Waals surface area contributed by atoms with Gasteiger partial charge >= 0.3 is 5.69 Å². The lowest BCUT2D eigenvalue weighted by molar-refractivity contribution is -0.385. The van der Waals surface area contributed by atoms with Crippen LogP contribution in [0.5, 0.6) is 5.75 Å². The van der Waals surface area contributed by atoms with Gasteiger partial charge in [-0.25, -0.2) is 0 Å². The number of benzene rings is 1. The summed E-state index contributed by atoms with van der Waals surface area (Å²) in [7, 11) is 1.44. The number of alkyl halides is 1. The Hall–Kier alpha value is -1.10. The van der Waals surface area contributed by atoms with Crippen molar-refractivity contribution in [3.63, 3.8) is 0 Å². The third-order valence-electron chi connectivity index (χ3n) is 2.04. The van der Waals surface area contributed by atoms with Crippen molar-refractivity contribution >= 4 is 21.6 Å². The van der Waals surface area contributed by atoms with Crippen molar-refractivity contribution < 1.29 is 9.66 Å². The molecule has 0 radical (unpaired) electrons. The largest absolute Gasteiger partial charge is 0.490 e. The predicted octanol–water partition coefficient (Wildman–Crippen LogP) is 2.93. The summed E-state index contributed by atoms with van der Waals surface area (Å²) in [5.74, 6) is 0.326. The number of ether oxygens (including phenoxy) is 1. The maximum absolute atomic E-state index is 10.6. The Balaban J connectivity index is 2.92. The van der Waals surface area contributed by atoms with Crippen LogP contribution in [0.25, 0.3) is 0 Å². The number of nitro groups is 1. The molecule has 0 saturated carbocycles. The Bertz CT molecular complexity index is 355. The van der Waals surface area contributed by atoms with Gasteiger partial charge in [0.2, 0.25) is 0 Å². The van der Waals surface area contributed by atoms with Gasteiger partial charge in [0.15, 0.2) is 5.75 Å². The van der Waals surface area contributed by atoms with E-state index in [1.165, 1.54) is 13.2 Å². The summed E-state index contributed by atoms with van der Waals surface area (Å²) in [4.78, 5) is 10.2. The molecule has 0 aliphatic heterocycles. The van der Waals surface area contributed by atoms with Crippen molar-refractivity contribution in [3.8, 4) is 5.75 Å². The fraction of sp³-hybridized carbons (Fsp3) is 0.400. The second-order valence-corrected chi connectivity index (χ2v) is 3.85. The molecule has 0 heterocycles. The lowest BCUT2D eigenvalue weighted by Crippen LogP contribution is -1.95. The summed E-state index contributed by atoms with van der Waals surface area (Å²) < 4.78 is 4.97. The number of halogens is 1. The number of aryl methyl sites for hydroxylation is 1. The van der Waals surface area contributed by atoms with Gasteiger partial charge in [-0.1, -0.05) is 22.0 Å². The molecule has 0 spiro atoms. The number of nitrogens with zero attached hydrogens (tertiary/aromatic N) is 1. The summed E-state index contributed by atoms with van der Waals surface area (Å²) >= 11 is 3.34. The third-order valence-corrected chi connectivity index (χ3v) is 2.60. The Morgan fingerprint density at radius 2 is 2.27 bits per heavy atom. The van der Waals surface area contributed by atoms with Gasteiger partial charge in [0.1, 0.15) is 0 Å². The van der Waals surface area contributed by atoms with Crippen LogP contribution in [0.15, 0.2) is 18.2 Å². The molecule has 0 aliphatic carbocycles. The Morgan fingerprint density at radius 1 is 1.53 bits per heavy atom. The van der Waals surface area contributed by atoms with Gasteiger partial charge in [0.05, 0.1) is 12.0 Å². The molecule has 0 aliphatic rings. The summed E-state index contributed by atoms with van der Waals surface area (Å²) in [5.41, 5.74) is 1.07. The summed E-state index contributed by atoms with van der Waals surface area (Å²) in [6, 6.07) is 4.98. The van der Waals surface area contributed by atoms with Crippen molar-refractivity contribution in [2.45, 2.75) is 12.8 Å². The molecule has 0 N–H and O–H groups in total. The molecule has 1 rings (SSSR count). The fourth-order valence-corrected chi connectivity index (χ4v) is 1.58. The summed E-state index contributed by atoms with van der Waals surface area (Å²) in [5, 5.41) is 11.5. The van der Waals surface area contributed by atoms with Gasteiger partial charge in [0.25, 0.3) is 0 Å². The van der Waals surface area contributed by atoms with E-state index in [4.69, 9.17) is 4.74 Å². The molecule has 0 fully saturated rings. The van der Waals surface area contributed by atoms with Crippen LogP contribution in [-0.2, 0) is 6.42 Å². The molecule has 82 valence electrons. The number of hydrogen-bond donors (Lipinski definition) is 0. The van der Waals surface area contributed by atoms with Gasteiger partial charge in [-0.05, 0) is 24.5 Å². The maximum Gasteiger partial charge on any atom is 0.310 e. The topological polar surface area (TPSA) is 52.4 Å². The first-order chi connectivity index (χ1) is 7.19. The Kier molecular flexibility index (Phi) is 4.55. The minimum absolute atomic E-state index is 0.0140. The van der Waals surface area contributed by atoms with E-state index in [2.05, 4.69) is 15.9 Å². The number of methoxy groups -OCH3 is 1. The van der Waals surface area contributed by atoms with Gasteiger partial charge in [0, 0.05) is 11.4 Å². The van der Waals surface area contributed by atoms with Crippen LogP contribution in [0.4, 0.5) is 5.69 Å². The SMILES string of the molecule is COc1cc(CCCBr)ccc1[N+](=O)[O-]. The highest BCUT2D eigenvalue weighted by Gasteiger charge is 2.14. The number of hydrogen-bond acceptors (Lipinski definition) is 3. The van der Waals surface area contributed by atoms with E-state index < -0.39 is 4.92 Å². The van der Waals surface area contributed by atoms with Crippen molar-refractivity contribution in [3.05, 3.63) is 33.9 Å². The smallest absolute Gasteiger partial charge is 0.310 e. The molecule has 0 aromatic heterocycles. The first kappa shape index (κ1) is 12.0. The average molecular weight is 274 g/mol. The summed E-state index contributed by atoms with van der Waals surface area (Å²) in [6.07, 6.45) is 1.89. The van der Waals surface area contributed by atoms with E-state index >= 15 is 0 Å². The zero-order chi connectivity index (χ0) is 11.3. The molecule has 5 heteroatoms. The molecular formula is C10H12BrNO3. The highest BCUT2D eigenvalue weighted by molar-refractivity contribution is 9.09. The highest BCUT2D eigenvalue weighted by Crippen LogP contribution is 2.27. The van der Waals surface area contributed by atoms with E-state index in [-0.39, 0.29) is 5.69 Å². The second kappa shape index (κ2) is 5.70. The minimum Gasteiger partial charge on any atom is -0.490 e. The predicted molar refractivity (Wildman–Crippen MR) is 61.8 cm³/mol. The third kappa shape index (κ3) is 3.20. The number of rotatable bonds is 5. The highest BCUT2D eigenvalue weighted by atomic mass is 79.9. The van der Waals surface area contributed by atoms with Crippen LogP contribution >= 0.6 is 15.9 Å². The second-order valence-electron chi connectivity index (χ2n) is 3.06. The first-order valence-electron chi connectivity index (χ1n) is 4.56. The molecule has 0 amide bonds. The van der Waals surface area contributed by atoms with Crippen molar-refractivity contribution in [2.75, 3.05) is 12.4 Å². The van der Waals surface area contributed by atoms with E-state index in [1.807, 2.05) is 0 Å². The first-order valence-corrected chi connectivity index (χ1v) is 5.68. The molecule has 1 aromatic carbocycles. The zero-order valence-electron chi connectivity index (χ0n) is 8.40. The molecule has 0 atom stereocenters. The van der Waals surface area contributed by atoms with Crippen LogP contribution in [0, 0.1) is 10.1 Å². The van der Waals surface area contributed by atoms with Crippen LogP contribution in [0.3, 0.4) is 0 Å².